The Balaban J connectivity index is 2.14. The molecule has 3 heteroatoms. The van der Waals surface area contributed by atoms with Gasteiger partial charge in [0.05, 0.1) is 12.0 Å². The topological polar surface area (TPSA) is 26.3 Å². The average molecular weight is 282 g/mol. The number of carbonyl (C=O) groups is 1. The first-order valence-electron chi connectivity index (χ1n) is 6.36. The number of hydrogen-bond donors (Lipinski definition) is 0. The van der Waals surface area contributed by atoms with Crippen LogP contribution < -0.4 is 4.74 Å². The number of ether oxygens (including phenoxy) is 1. The molecule has 0 unspecified atom stereocenters. The quantitative estimate of drug-likeness (QED) is 0.663. The SMILES string of the molecule is COc1csc(C(=O)c2ccc(C)c3ccccc23)c1. The van der Waals surface area contributed by atoms with Crippen molar-refractivity contribution in [3.8, 4) is 5.75 Å². The maximum atomic E-state index is 12.7. The maximum absolute atomic E-state index is 12.7. The van der Waals surface area contributed by atoms with Gasteiger partial charge >= 0.3 is 0 Å². The van der Waals surface area contributed by atoms with Crippen molar-refractivity contribution in [2.24, 2.45) is 0 Å². The maximum Gasteiger partial charge on any atom is 0.203 e. The molecule has 100 valence electrons. The van der Waals surface area contributed by atoms with Crippen LogP contribution in [-0.4, -0.2) is 12.9 Å². The predicted molar refractivity (Wildman–Crippen MR) is 83.0 cm³/mol. The highest BCUT2D eigenvalue weighted by molar-refractivity contribution is 7.12. The number of benzene rings is 2. The van der Waals surface area contributed by atoms with E-state index in [0.717, 1.165) is 22.1 Å². The van der Waals surface area contributed by atoms with Crippen molar-refractivity contribution in [3.05, 3.63) is 63.8 Å². The van der Waals surface area contributed by atoms with Crippen LogP contribution in [-0.2, 0) is 0 Å². The van der Waals surface area contributed by atoms with Crippen molar-refractivity contribution in [2.75, 3.05) is 7.11 Å². The highest BCUT2D eigenvalue weighted by Crippen LogP contribution is 2.28. The van der Waals surface area contributed by atoms with E-state index in [1.165, 1.54) is 16.9 Å². The van der Waals surface area contributed by atoms with Crippen molar-refractivity contribution >= 4 is 27.9 Å². The van der Waals surface area contributed by atoms with Crippen LogP contribution >= 0.6 is 11.3 Å². The molecule has 0 saturated carbocycles. The van der Waals surface area contributed by atoms with E-state index in [0.29, 0.717) is 4.88 Å². The number of thiophene rings is 1. The Hall–Kier alpha value is -2.13. The Morgan fingerprint density at radius 2 is 1.85 bits per heavy atom. The Bertz CT molecular complexity index is 787. The first-order valence-corrected chi connectivity index (χ1v) is 7.24. The molecule has 0 bridgehead atoms. The van der Waals surface area contributed by atoms with Gasteiger partial charge in [-0.1, -0.05) is 36.4 Å². The lowest BCUT2D eigenvalue weighted by atomic mass is 9.97. The first-order chi connectivity index (χ1) is 9.70. The highest BCUT2D eigenvalue weighted by Gasteiger charge is 2.15. The molecule has 0 saturated heterocycles. The minimum Gasteiger partial charge on any atom is -0.496 e. The molecule has 0 aliphatic rings. The lowest BCUT2D eigenvalue weighted by molar-refractivity contribution is 0.104. The lowest BCUT2D eigenvalue weighted by Gasteiger charge is -2.07. The molecule has 20 heavy (non-hydrogen) atoms. The van der Waals surface area contributed by atoms with Gasteiger partial charge in [-0.15, -0.1) is 11.3 Å². The molecule has 2 nitrogen and oxygen atoms in total. The van der Waals surface area contributed by atoms with E-state index in [9.17, 15) is 4.79 Å². The van der Waals surface area contributed by atoms with Crippen molar-refractivity contribution in [1.82, 2.24) is 0 Å². The molecule has 0 amide bonds. The highest BCUT2D eigenvalue weighted by atomic mass is 32.1. The van der Waals surface area contributed by atoms with Crippen molar-refractivity contribution in [2.45, 2.75) is 6.92 Å². The van der Waals surface area contributed by atoms with Gasteiger partial charge in [0.15, 0.2) is 0 Å². The Morgan fingerprint density at radius 3 is 2.55 bits per heavy atom. The van der Waals surface area contributed by atoms with Crippen LogP contribution in [0.5, 0.6) is 5.75 Å². The minimum absolute atomic E-state index is 0.0505. The third kappa shape index (κ3) is 2.10. The second-order valence-corrected chi connectivity index (χ2v) is 5.57. The fourth-order valence-electron chi connectivity index (χ4n) is 2.33. The van der Waals surface area contributed by atoms with Gasteiger partial charge in [0.25, 0.3) is 0 Å². The van der Waals surface area contributed by atoms with Gasteiger partial charge in [0.2, 0.25) is 5.78 Å². The van der Waals surface area contributed by atoms with E-state index >= 15 is 0 Å². The number of fused-ring (bicyclic) bond motifs is 1. The van der Waals surface area contributed by atoms with Gasteiger partial charge in [-0.2, -0.15) is 0 Å². The van der Waals surface area contributed by atoms with Crippen LogP contribution in [0.1, 0.15) is 20.8 Å². The van der Waals surface area contributed by atoms with E-state index in [1.807, 2.05) is 35.7 Å². The Morgan fingerprint density at radius 1 is 1.10 bits per heavy atom. The summed E-state index contributed by atoms with van der Waals surface area (Å²) in [6.07, 6.45) is 0. The minimum atomic E-state index is 0.0505. The van der Waals surface area contributed by atoms with Crippen LogP contribution in [0, 0.1) is 6.92 Å². The molecule has 0 aliphatic heterocycles. The summed E-state index contributed by atoms with van der Waals surface area (Å²) < 4.78 is 5.15. The zero-order valence-corrected chi connectivity index (χ0v) is 12.2. The van der Waals surface area contributed by atoms with Gasteiger partial charge in [0, 0.05) is 17.0 Å². The molecule has 3 rings (SSSR count). The van der Waals surface area contributed by atoms with Crippen LogP contribution in [0.25, 0.3) is 10.8 Å². The molecule has 0 spiro atoms. The summed E-state index contributed by atoms with van der Waals surface area (Å²) in [6.45, 7) is 2.06. The molecule has 0 atom stereocenters. The number of aryl methyl sites for hydroxylation is 1. The number of ketones is 1. The molecular formula is C17H14O2S. The third-order valence-corrected chi connectivity index (χ3v) is 4.33. The zero-order chi connectivity index (χ0) is 14.1. The van der Waals surface area contributed by atoms with E-state index < -0.39 is 0 Å². The second kappa shape index (κ2) is 5.10. The smallest absolute Gasteiger partial charge is 0.203 e. The van der Waals surface area contributed by atoms with Crippen molar-refractivity contribution in [1.29, 1.82) is 0 Å². The number of hydrogen-bond acceptors (Lipinski definition) is 3. The molecule has 0 radical (unpaired) electrons. The molecule has 2 aromatic carbocycles. The van der Waals surface area contributed by atoms with Crippen LogP contribution in [0.4, 0.5) is 0 Å². The van der Waals surface area contributed by atoms with E-state index in [-0.39, 0.29) is 5.78 Å². The van der Waals surface area contributed by atoms with Gasteiger partial charge in [-0.25, -0.2) is 0 Å². The molecule has 1 heterocycles. The van der Waals surface area contributed by atoms with Crippen LogP contribution in [0.15, 0.2) is 47.8 Å². The van der Waals surface area contributed by atoms with Gasteiger partial charge < -0.3 is 4.74 Å². The first kappa shape index (κ1) is 12.9. The standard InChI is InChI=1S/C17H14O2S/c1-11-7-8-15(14-6-4-3-5-13(11)14)17(18)16-9-12(19-2)10-20-16/h3-10H,1-2H3. The normalized spacial score (nSPS) is 10.7. The number of rotatable bonds is 3. The van der Waals surface area contributed by atoms with Crippen LogP contribution in [0.2, 0.25) is 0 Å². The summed E-state index contributed by atoms with van der Waals surface area (Å²) in [5.41, 5.74) is 1.93. The van der Waals surface area contributed by atoms with Gasteiger partial charge in [0.1, 0.15) is 5.75 Å². The largest absolute Gasteiger partial charge is 0.496 e. The summed E-state index contributed by atoms with van der Waals surface area (Å²) in [6, 6.07) is 13.7. The van der Waals surface area contributed by atoms with Crippen LogP contribution in [0.3, 0.4) is 0 Å². The molecule has 0 aliphatic carbocycles. The van der Waals surface area contributed by atoms with E-state index in [1.54, 1.807) is 13.2 Å². The molecule has 1 aromatic heterocycles. The Kier molecular flexibility index (Phi) is 3.28. The fraction of sp³-hybridized carbons (Fsp3) is 0.118. The Labute approximate surface area is 121 Å². The average Bonchev–Trinajstić information content (AvgIpc) is 2.96. The number of carbonyl (C=O) groups excluding carboxylic acids is 1. The predicted octanol–water partition coefficient (Wildman–Crippen LogP) is 4.45. The lowest BCUT2D eigenvalue weighted by Crippen LogP contribution is -2.00. The summed E-state index contributed by atoms with van der Waals surface area (Å²) in [7, 11) is 1.61. The summed E-state index contributed by atoms with van der Waals surface area (Å²) in [4.78, 5) is 13.4. The summed E-state index contributed by atoms with van der Waals surface area (Å²) in [5.74, 6) is 0.782. The fourth-order valence-corrected chi connectivity index (χ4v) is 3.13. The molecule has 0 N–H and O–H groups in total. The van der Waals surface area contributed by atoms with Gasteiger partial charge in [-0.05, 0) is 23.3 Å². The van der Waals surface area contributed by atoms with Gasteiger partial charge in [-0.3, -0.25) is 4.79 Å². The third-order valence-electron chi connectivity index (χ3n) is 3.42. The molecular weight excluding hydrogens is 268 g/mol. The van der Waals surface area contributed by atoms with E-state index in [4.69, 9.17) is 4.74 Å². The summed E-state index contributed by atoms with van der Waals surface area (Å²) >= 11 is 1.42. The molecule has 0 fully saturated rings. The van der Waals surface area contributed by atoms with E-state index in [2.05, 4.69) is 13.0 Å². The molecule has 3 aromatic rings. The zero-order valence-electron chi connectivity index (χ0n) is 11.3. The monoisotopic (exact) mass is 282 g/mol. The van der Waals surface area contributed by atoms with Crippen molar-refractivity contribution < 1.29 is 9.53 Å². The second-order valence-electron chi connectivity index (χ2n) is 4.66. The summed E-state index contributed by atoms with van der Waals surface area (Å²) in [5, 5.41) is 3.98. The number of methoxy groups -OCH3 is 1. The van der Waals surface area contributed by atoms with Crippen molar-refractivity contribution in [3.63, 3.8) is 0 Å².